The van der Waals surface area contributed by atoms with Crippen molar-refractivity contribution in [3.05, 3.63) is 110 Å². The molecule has 0 aliphatic carbocycles. The van der Waals surface area contributed by atoms with Crippen molar-refractivity contribution in [2.45, 2.75) is 19.9 Å². The molecule has 0 amide bonds. The minimum atomic E-state index is -0.536. The molecule has 0 bridgehead atoms. The van der Waals surface area contributed by atoms with Gasteiger partial charge in [0.25, 0.3) is 5.56 Å². The zero-order chi connectivity index (χ0) is 25.4. The first kappa shape index (κ1) is 23.3. The quantitative estimate of drug-likeness (QED) is 0.280. The van der Waals surface area contributed by atoms with Crippen molar-refractivity contribution in [2.75, 3.05) is 5.32 Å². The van der Waals surface area contributed by atoms with E-state index in [4.69, 9.17) is 11.6 Å². The number of hydrogen-bond acceptors (Lipinski definition) is 6. The monoisotopic (exact) mass is 499 g/mol. The van der Waals surface area contributed by atoms with Gasteiger partial charge in [0.15, 0.2) is 5.43 Å². The van der Waals surface area contributed by atoms with Gasteiger partial charge in [-0.05, 0) is 37.1 Å². The lowest BCUT2D eigenvalue weighted by molar-refractivity contribution is 0.475. The van der Waals surface area contributed by atoms with Crippen LogP contribution in [0.15, 0.2) is 83.0 Å². The number of fused-ring (bicyclic) bond motifs is 2. The largest absolute Gasteiger partial charge is 0.515 e. The highest BCUT2D eigenvalue weighted by Crippen LogP contribution is 2.35. The second-order valence-electron chi connectivity index (χ2n) is 8.37. The van der Waals surface area contributed by atoms with Crippen LogP contribution in [0.2, 0.25) is 5.02 Å². The Bertz CT molecular complexity index is 1750. The fraction of sp³-hybridized carbons (Fsp3) is 0.111. The van der Waals surface area contributed by atoms with Crippen molar-refractivity contribution in [3.63, 3.8) is 0 Å². The number of anilines is 1. The fourth-order valence-electron chi connectivity index (χ4n) is 4.43. The predicted octanol–water partition coefficient (Wildman–Crippen LogP) is 5.37. The van der Waals surface area contributed by atoms with E-state index in [9.17, 15) is 14.7 Å². The molecule has 0 unspecified atom stereocenters. The summed E-state index contributed by atoms with van der Waals surface area (Å²) in [6.07, 6.45) is 3.86. The number of H-pyrrole nitrogens is 1. The topological polar surface area (TPSA) is 113 Å². The average Bonchev–Trinajstić information content (AvgIpc) is 2.90. The Labute approximate surface area is 210 Å². The third-order valence-electron chi connectivity index (χ3n) is 6.13. The zero-order valence-electron chi connectivity index (χ0n) is 19.5. The van der Waals surface area contributed by atoms with Gasteiger partial charge in [-0.1, -0.05) is 48.0 Å². The Morgan fingerprint density at radius 2 is 1.86 bits per heavy atom. The van der Waals surface area contributed by atoms with Gasteiger partial charge < -0.3 is 15.4 Å². The molecule has 0 saturated carbocycles. The molecule has 5 rings (SSSR count). The summed E-state index contributed by atoms with van der Waals surface area (Å²) in [4.78, 5) is 38.0. The van der Waals surface area contributed by atoms with Gasteiger partial charge in [0.05, 0.1) is 28.4 Å². The van der Waals surface area contributed by atoms with Crippen LogP contribution in [0.4, 0.5) is 5.82 Å². The molecule has 0 aliphatic heterocycles. The Kier molecular flexibility index (Phi) is 6.03. The maximum Gasteiger partial charge on any atom is 0.263 e. The van der Waals surface area contributed by atoms with Gasteiger partial charge in [-0.2, -0.15) is 0 Å². The van der Waals surface area contributed by atoms with E-state index in [2.05, 4.69) is 20.3 Å². The average molecular weight is 500 g/mol. The molecular weight excluding hydrogens is 478 g/mol. The molecule has 36 heavy (non-hydrogen) atoms. The Morgan fingerprint density at radius 3 is 2.61 bits per heavy atom. The van der Waals surface area contributed by atoms with Crippen LogP contribution >= 0.6 is 11.6 Å². The van der Waals surface area contributed by atoms with Crippen molar-refractivity contribution in [1.82, 2.24) is 19.5 Å². The fourth-order valence-corrected chi connectivity index (χ4v) is 4.83. The molecule has 8 nitrogen and oxygen atoms in total. The number of nitrogens with zero attached hydrogens (tertiary/aromatic N) is 3. The van der Waals surface area contributed by atoms with Gasteiger partial charge in [-0.3, -0.25) is 14.2 Å². The molecule has 0 saturated heterocycles. The van der Waals surface area contributed by atoms with Gasteiger partial charge in [0.2, 0.25) is 0 Å². The van der Waals surface area contributed by atoms with Crippen molar-refractivity contribution in [2.24, 2.45) is 0 Å². The minimum absolute atomic E-state index is 0.236. The normalized spacial score (nSPS) is 12.7. The van der Waals surface area contributed by atoms with Crippen LogP contribution in [0.5, 0.6) is 0 Å². The standard InChI is InChI=1S/C27H22ClN5O3/c1-15(13-34)18-9-6-10-19-21(18)27(36)33(17-7-4-3-5-8-17)24(23(19)28)16(2)32-26-22-20(35)11-12-29-25(22)30-14-31-26/h3-14,16,34H,1-2H3,(H2,29,30,31,32,35)/b15-13+/t16-/m0/s1. The number of nitrogens with one attached hydrogen (secondary N) is 2. The highest BCUT2D eigenvalue weighted by atomic mass is 35.5. The first-order valence-corrected chi connectivity index (χ1v) is 11.6. The maximum atomic E-state index is 14.1. The molecule has 3 N–H and O–H groups in total. The Morgan fingerprint density at radius 1 is 1.08 bits per heavy atom. The number of rotatable bonds is 5. The third kappa shape index (κ3) is 3.81. The van der Waals surface area contributed by atoms with Crippen LogP contribution < -0.4 is 16.3 Å². The van der Waals surface area contributed by atoms with Gasteiger partial charge in [0, 0.05) is 23.3 Å². The third-order valence-corrected chi connectivity index (χ3v) is 6.53. The highest BCUT2D eigenvalue weighted by Gasteiger charge is 2.24. The summed E-state index contributed by atoms with van der Waals surface area (Å²) in [5.41, 5.74) is 2.13. The summed E-state index contributed by atoms with van der Waals surface area (Å²) in [5.74, 6) is 0.324. The molecule has 2 aromatic carbocycles. The summed E-state index contributed by atoms with van der Waals surface area (Å²) >= 11 is 7.02. The number of benzene rings is 2. The smallest absolute Gasteiger partial charge is 0.263 e. The lowest BCUT2D eigenvalue weighted by Gasteiger charge is -2.24. The summed E-state index contributed by atoms with van der Waals surface area (Å²) < 4.78 is 1.56. The van der Waals surface area contributed by atoms with Crippen LogP contribution in [-0.4, -0.2) is 24.6 Å². The van der Waals surface area contributed by atoms with E-state index in [0.29, 0.717) is 55.2 Å². The van der Waals surface area contributed by atoms with Crippen LogP contribution in [0, 0.1) is 0 Å². The van der Waals surface area contributed by atoms with E-state index in [0.717, 1.165) is 6.26 Å². The Hall–Kier alpha value is -4.43. The number of hydrogen-bond donors (Lipinski definition) is 3. The molecule has 3 heterocycles. The number of aliphatic hydroxyl groups is 1. The number of aliphatic hydroxyl groups excluding tert-OH is 1. The van der Waals surface area contributed by atoms with Gasteiger partial charge in [0.1, 0.15) is 23.2 Å². The Balaban J connectivity index is 1.80. The van der Waals surface area contributed by atoms with Crippen molar-refractivity contribution < 1.29 is 5.11 Å². The van der Waals surface area contributed by atoms with Crippen molar-refractivity contribution >= 4 is 44.8 Å². The van der Waals surface area contributed by atoms with Gasteiger partial charge in [-0.25, -0.2) is 9.97 Å². The number of aromatic amines is 1. The number of para-hydroxylation sites is 1. The van der Waals surface area contributed by atoms with Crippen LogP contribution in [0.25, 0.3) is 33.1 Å². The molecule has 0 radical (unpaired) electrons. The van der Waals surface area contributed by atoms with E-state index in [-0.39, 0.29) is 11.0 Å². The second-order valence-corrected chi connectivity index (χ2v) is 8.75. The second kappa shape index (κ2) is 9.31. The number of halogens is 1. The van der Waals surface area contributed by atoms with Crippen LogP contribution in [-0.2, 0) is 0 Å². The lowest BCUT2D eigenvalue weighted by atomic mass is 9.99. The van der Waals surface area contributed by atoms with E-state index in [1.54, 1.807) is 29.7 Å². The lowest BCUT2D eigenvalue weighted by Crippen LogP contribution is -2.27. The SMILES string of the molecule is C/C(=C\O)c1cccc2c(Cl)c([C@H](C)Nc3ncnc4[nH]ccc(=O)c34)n(-c3ccccc3)c(=O)c12. The molecule has 0 fully saturated rings. The summed E-state index contributed by atoms with van der Waals surface area (Å²) in [5, 5.41) is 14.6. The van der Waals surface area contributed by atoms with Gasteiger partial charge >= 0.3 is 0 Å². The summed E-state index contributed by atoms with van der Waals surface area (Å²) in [6.45, 7) is 3.57. The first-order chi connectivity index (χ1) is 17.4. The van der Waals surface area contributed by atoms with Crippen molar-refractivity contribution in [3.8, 4) is 5.69 Å². The van der Waals surface area contributed by atoms with E-state index >= 15 is 0 Å². The number of pyridine rings is 2. The summed E-state index contributed by atoms with van der Waals surface area (Å²) in [7, 11) is 0. The zero-order valence-corrected chi connectivity index (χ0v) is 20.2. The van der Waals surface area contributed by atoms with E-state index in [1.165, 1.54) is 18.6 Å². The first-order valence-electron chi connectivity index (χ1n) is 11.2. The van der Waals surface area contributed by atoms with E-state index < -0.39 is 6.04 Å². The van der Waals surface area contributed by atoms with Crippen LogP contribution in [0.1, 0.15) is 31.1 Å². The highest BCUT2D eigenvalue weighted by molar-refractivity contribution is 6.36. The molecule has 180 valence electrons. The van der Waals surface area contributed by atoms with Crippen molar-refractivity contribution in [1.29, 1.82) is 0 Å². The van der Waals surface area contributed by atoms with E-state index in [1.807, 2.05) is 37.3 Å². The number of aromatic nitrogens is 4. The molecule has 5 aromatic rings. The molecule has 9 heteroatoms. The molecule has 0 spiro atoms. The van der Waals surface area contributed by atoms with Crippen LogP contribution in [0.3, 0.4) is 0 Å². The maximum absolute atomic E-state index is 14.1. The van der Waals surface area contributed by atoms with Gasteiger partial charge in [-0.15, -0.1) is 0 Å². The predicted molar refractivity (Wildman–Crippen MR) is 143 cm³/mol. The molecule has 1 atom stereocenters. The minimum Gasteiger partial charge on any atom is -0.515 e. The summed E-state index contributed by atoms with van der Waals surface area (Å²) in [6, 6.07) is 15.4. The number of allylic oxidation sites excluding steroid dienone is 1. The molecule has 0 aliphatic rings. The molecular formula is C27H22ClN5O3. The molecule has 3 aromatic heterocycles.